The molecule has 8 heteroatoms. The summed E-state index contributed by atoms with van der Waals surface area (Å²) in [4.78, 5) is 15.7. The normalized spacial score (nSPS) is 14.5. The maximum Gasteiger partial charge on any atom is 0.242 e. The van der Waals surface area contributed by atoms with Crippen molar-refractivity contribution in [1.29, 1.82) is 0 Å². The van der Waals surface area contributed by atoms with Gasteiger partial charge in [0.25, 0.3) is 0 Å². The van der Waals surface area contributed by atoms with Crippen LogP contribution in [0, 0.1) is 0 Å². The summed E-state index contributed by atoms with van der Waals surface area (Å²) < 4.78 is 7.65. The molecule has 1 aliphatic heterocycles. The number of aromatic nitrogens is 3. The van der Waals surface area contributed by atoms with Gasteiger partial charge >= 0.3 is 0 Å². The van der Waals surface area contributed by atoms with E-state index in [0.717, 1.165) is 35.9 Å². The average Bonchev–Trinajstić information content (AvgIpc) is 3.31. The van der Waals surface area contributed by atoms with Gasteiger partial charge in [0.15, 0.2) is 5.16 Å². The Morgan fingerprint density at radius 3 is 2.20 bits per heavy atom. The molecule has 178 valence electrons. The lowest BCUT2D eigenvalue weighted by Gasteiger charge is -2.28. The van der Waals surface area contributed by atoms with Crippen molar-refractivity contribution >= 4 is 29.3 Å². The van der Waals surface area contributed by atoms with Crippen LogP contribution in [0.25, 0.3) is 0 Å². The topological polar surface area (TPSA) is 72.3 Å². The molecule has 1 aliphatic rings. The first-order valence-electron chi connectivity index (χ1n) is 11.7. The summed E-state index contributed by atoms with van der Waals surface area (Å²) in [6.07, 6.45) is 0. The summed E-state index contributed by atoms with van der Waals surface area (Å²) in [5, 5.41) is 12.4. The maximum atomic E-state index is 13.5. The van der Waals surface area contributed by atoms with Crippen LogP contribution in [0.4, 0.5) is 11.6 Å². The fraction of sp³-hybridized carbons (Fsp3) is 0.222. The van der Waals surface area contributed by atoms with E-state index < -0.39 is 5.25 Å². The quantitative estimate of drug-likeness (QED) is 0.367. The van der Waals surface area contributed by atoms with Gasteiger partial charge in [-0.05, 0) is 23.3 Å². The molecule has 1 amide bonds. The van der Waals surface area contributed by atoms with Crippen LogP contribution in [0.2, 0.25) is 0 Å². The SMILES string of the molecule is O=C(Nc1ccccc1)C(Sc1nnc(N2CCOCC2)n1Cc1ccccc1)c1ccccc1. The van der Waals surface area contributed by atoms with Crippen LogP contribution in [0.5, 0.6) is 0 Å². The van der Waals surface area contributed by atoms with E-state index in [2.05, 4.69) is 37.1 Å². The maximum absolute atomic E-state index is 13.5. The third-order valence-corrected chi connectivity index (χ3v) is 7.01. The number of carbonyl (C=O) groups excluding carboxylic acids is 1. The van der Waals surface area contributed by atoms with E-state index in [1.807, 2.05) is 78.9 Å². The van der Waals surface area contributed by atoms with Gasteiger partial charge in [0.1, 0.15) is 5.25 Å². The van der Waals surface area contributed by atoms with E-state index in [-0.39, 0.29) is 5.91 Å². The predicted molar refractivity (Wildman–Crippen MR) is 139 cm³/mol. The summed E-state index contributed by atoms with van der Waals surface area (Å²) in [5.74, 6) is 0.699. The molecule has 2 heterocycles. The van der Waals surface area contributed by atoms with Gasteiger partial charge in [-0.3, -0.25) is 9.36 Å². The smallest absolute Gasteiger partial charge is 0.242 e. The lowest BCUT2D eigenvalue weighted by molar-refractivity contribution is -0.115. The van der Waals surface area contributed by atoms with Crippen molar-refractivity contribution in [1.82, 2.24) is 14.8 Å². The summed E-state index contributed by atoms with van der Waals surface area (Å²) in [7, 11) is 0. The Balaban J connectivity index is 1.48. The number of thioether (sulfide) groups is 1. The number of morpholine rings is 1. The van der Waals surface area contributed by atoms with Crippen LogP contribution in [0.3, 0.4) is 0 Å². The molecule has 1 unspecified atom stereocenters. The fourth-order valence-corrected chi connectivity index (χ4v) is 5.04. The van der Waals surface area contributed by atoms with Crippen molar-refractivity contribution in [3.05, 3.63) is 102 Å². The molecular weight excluding hydrogens is 458 g/mol. The van der Waals surface area contributed by atoms with Crippen molar-refractivity contribution in [2.24, 2.45) is 0 Å². The second kappa shape index (κ2) is 11.2. The van der Waals surface area contributed by atoms with Crippen LogP contribution in [-0.4, -0.2) is 47.0 Å². The number of nitrogens with zero attached hydrogens (tertiary/aromatic N) is 4. The van der Waals surface area contributed by atoms with Crippen LogP contribution in [0.1, 0.15) is 16.4 Å². The largest absolute Gasteiger partial charge is 0.378 e. The number of ether oxygens (including phenoxy) is 1. The van der Waals surface area contributed by atoms with Crippen molar-refractivity contribution < 1.29 is 9.53 Å². The number of benzene rings is 3. The molecule has 0 aliphatic carbocycles. The van der Waals surface area contributed by atoms with E-state index in [0.29, 0.717) is 24.9 Å². The van der Waals surface area contributed by atoms with Crippen LogP contribution >= 0.6 is 11.8 Å². The second-order valence-electron chi connectivity index (χ2n) is 8.22. The van der Waals surface area contributed by atoms with Crippen LogP contribution in [-0.2, 0) is 16.1 Å². The van der Waals surface area contributed by atoms with Crippen molar-refractivity contribution in [2.75, 3.05) is 36.5 Å². The Morgan fingerprint density at radius 2 is 1.51 bits per heavy atom. The van der Waals surface area contributed by atoms with Gasteiger partial charge in [0, 0.05) is 18.8 Å². The number of amides is 1. The van der Waals surface area contributed by atoms with Crippen molar-refractivity contribution in [3.63, 3.8) is 0 Å². The van der Waals surface area contributed by atoms with E-state index >= 15 is 0 Å². The third-order valence-electron chi connectivity index (χ3n) is 5.78. The van der Waals surface area contributed by atoms with Gasteiger partial charge in [-0.25, -0.2) is 0 Å². The molecule has 1 atom stereocenters. The highest BCUT2D eigenvalue weighted by Gasteiger charge is 2.27. The minimum Gasteiger partial charge on any atom is -0.378 e. The number of para-hydroxylation sites is 1. The Kier molecular flexibility index (Phi) is 7.41. The molecule has 5 rings (SSSR count). The number of hydrogen-bond acceptors (Lipinski definition) is 6. The van der Waals surface area contributed by atoms with Crippen LogP contribution in [0.15, 0.2) is 96.2 Å². The first-order chi connectivity index (χ1) is 17.3. The highest BCUT2D eigenvalue weighted by Crippen LogP contribution is 2.37. The van der Waals surface area contributed by atoms with Gasteiger partial charge in [0.2, 0.25) is 11.9 Å². The van der Waals surface area contributed by atoms with Crippen LogP contribution < -0.4 is 10.2 Å². The number of carbonyl (C=O) groups is 1. The van der Waals surface area contributed by atoms with E-state index in [4.69, 9.17) is 4.74 Å². The molecule has 35 heavy (non-hydrogen) atoms. The van der Waals surface area contributed by atoms with E-state index in [1.165, 1.54) is 11.8 Å². The fourth-order valence-electron chi connectivity index (χ4n) is 4.01. The minimum absolute atomic E-state index is 0.102. The number of anilines is 2. The molecule has 1 aromatic heterocycles. The highest BCUT2D eigenvalue weighted by atomic mass is 32.2. The Bertz CT molecular complexity index is 1230. The molecule has 1 N–H and O–H groups in total. The molecule has 0 spiro atoms. The van der Waals surface area contributed by atoms with Crippen molar-refractivity contribution in [3.8, 4) is 0 Å². The zero-order valence-corrected chi connectivity index (χ0v) is 20.1. The van der Waals surface area contributed by atoms with Gasteiger partial charge in [-0.15, -0.1) is 10.2 Å². The first kappa shape index (κ1) is 23.1. The van der Waals surface area contributed by atoms with E-state index in [1.54, 1.807) is 0 Å². The zero-order chi connectivity index (χ0) is 23.9. The number of hydrogen-bond donors (Lipinski definition) is 1. The molecule has 7 nitrogen and oxygen atoms in total. The zero-order valence-electron chi connectivity index (χ0n) is 19.3. The molecule has 0 radical (unpaired) electrons. The molecule has 4 aromatic rings. The first-order valence-corrected chi connectivity index (χ1v) is 12.5. The van der Waals surface area contributed by atoms with Gasteiger partial charge in [-0.2, -0.15) is 0 Å². The molecule has 1 saturated heterocycles. The Labute approximate surface area is 209 Å². The standard InChI is InChI=1S/C27H27N5O2S/c33-25(28-23-14-8-3-9-15-23)24(22-12-6-2-7-13-22)35-27-30-29-26(31-16-18-34-19-17-31)32(27)20-21-10-4-1-5-11-21/h1-15,24H,16-20H2,(H,28,33). The van der Waals surface area contributed by atoms with Gasteiger partial charge in [0.05, 0.1) is 19.8 Å². The third kappa shape index (κ3) is 5.72. The summed E-state index contributed by atoms with van der Waals surface area (Å²) in [6, 6.07) is 29.6. The Hall–Kier alpha value is -3.62. The molecule has 0 saturated carbocycles. The molecular formula is C27H27N5O2S. The lowest BCUT2D eigenvalue weighted by atomic mass is 10.1. The van der Waals surface area contributed by atoms with Gasteiger partial charge in [-0.1, -0.05) is 90.6 Å². The molecule has 0 bridgehead atoms. The highest BCUT2D eigenvalue weighted by molar-refractivity contribution is 8.00. The summed E-state index contributed by atoms with van der Waals surface area (Å²) >= 11 is 1.42. The lowest BCUT2D eigenvalue weighted by Crippen LogP contribution is -2.38. The monoisotopic (exact) mass is 485 g/mol. The van der Waals surface area contributed by atoms with Gasteiger partial charge < -0.3 is 15.0 Å². The second-order valence-corrected chi connectivity index (χ2v) is 9.29. The summed E-state index contributed by atoms with van der Waals surface area (Å²) in [5.41, 5.74) is 2.82. The predicted octanol–water partition coefficient (Wildman–Crippen LogP) is 4.64. The minimum atomic E-state index is -0.493. The van der Waals surface area contributed by atoms with Crippen molar-refractivity contribution in [2.45, 2.75) is 17.0 Å². The average molecular weight is 486 g/mol. The Morgan fingerprint density at radius 1 is 0.886 bits per heavy atom. The molecule has 1 fully saturated rings. The number of rotatable bonds is 8. The number of nitrogens with one attached hydrogen (secondary N) is 1. The molecule has 3 aromatic carbocycles. The summed E-state index contributed by atoms with van der Waals surface area (Å²) in [6.45, 7) is 3.45. The van der Waals surface area contributed by atoms with E-state index in [9.17, 15) is 4.79 Å².